The summed E-state index contributed by atoms with van der Waals surface area (Å²) in [6.45, 7) is 4.02. The zero-order valence-corrected chi connectivity index (χ0v) is 12.1. The number of alkyl halides is 1. The van der Waals surface area contributed by atoms with E-state index in [9.17, 15) is 4.79 Å². The fourth-order valence-corrected chi connectivity index (χ4v) is 2.70. The monoisotopic (exact) mass is 311 g/mol. The first kappa shape index (κ1) is 13.4. The van der Waals surface area contributed by atoms with Gasteiger partial charge in [0.05, 0.1) is 5.92 Å². The van der Waals surface area contributed by atoms with Gasteiger partial charge in [0, 0.05) is 18.4 Å². The molecule has 0 saturated carbocycles. The lowest BCUT2D eigenvalue weighted by molar-refractivity contribution is -0.136. The van der Waals surface area contributed by atoms with Gasteiger partial charge in [0.25, 0.3) is 0 Å². The number of hydrogen-bond acceptors (Lipinski definition) is 2. The smallest absolute Gasteiger partial charge is 0.229 e. The molecule has 0 N–H and O–H groups in total. The first-order valence-electron chi connectivity index (χ1n) is 6.31. The van der Waals surface area contributed by atoms with Crippen LogP contribution in [0.15, 0.2) is 24.3 Å². The number of nitrogens with zero attached hydrogens (tertiary/aromatic N) is 1. The highest BCUT2D eigenvalue weighted by Crippen LogP contribution is 2.27. The number of carbonyl (C=O) groups is 1. The van der Waals surface area contributed by atoms with Gasteiger partial charge in [0.1, 0.15) is 12.4 Å². The molecule has 0 radical (unpaired) electrons. The van der Waals surface area contributed by atoms with E-state index in [2.05, 4.69) is 15.9 Å². The maximum atomic E-state index is 12.4. The minimum absolute atomic E-state index is 0.0427. The van der Waals surface area contributed by atoms with Crippen molar-refractivity contribution in [1.29, 1.82) is 0 Å². The maximum absolute atomic E-state index is 12.4. The molecule has 1 aromatic rings. The summed E-state index contributed by atoms with van der Waals surface area (Å²) in [7, 11) is 0. The third-order valence-electron chi connectivity index (χ3n) is 3.28. The number of carbonyl (C=O) groups excluding carboxylic acids is 1. The number of amides is 1. The summed E-state index contributed by atoms with van der Waals surface area (Å²) >= 11 is 3.38. The summed E-state index contributed by atoms with van der Waals surface area (Å²) in [6, 6.07) is 7.96. The van der Waals surface area contributed by atoms with Gasteiger partial charge in [-0.3, -0.25) is 4.79 Å². The number of fused-ring (bicyclic) bond motifs is 1. The zero-order valence-electron chi connectivity index (χ0n) is 10.6. The molecule has 3 nitrogen and oxygen atoms in total. The summed E-state index contributed by atoms with van der Waals surface area (Å²) in [4.78, 5) is 14.2. The van der Waals surface area contributed by atoms with Crippen molar-refractivity contribution in [3.05, 3.63) is 29.8 Å². The van der Waals surface area contributed by atoms with E-state index in [-0.39, 0.29) is 11.8 Å². The van der Waals surface area contributed by atoms with Crippen LogP contribution in [0.3, 0.4) is 0 Å². The number of benzene rings is 1. The number of ether oxygens (including phenoxy) is 1. The average Bonchev–Trinajstić information content (AvgIpc) is 2.43. The average molecular weight is 312 g/mol. The van der Waals surface area contributed by atoms with E-state index >= 15 is 0 Å². The first-order valence-corrected chi connectivity index (χ1v) is 7.43. The van der Waals surface area contributed by atoms with Crippen LogP contribution < -0.4 is 4.74 Å². The van der Waals surface area contributed by atoms with E-state index in [1.54, 1.807) is 0 Å². The first-order chi connectivity index (χ1) is 8.76. The quantitative estimate of drug-likeness (QED) is 0.800. The van der Waals surface area contributed by atoms with Gasteiger partial charge < -0.3 is 9.64 Å². The predicted molar refractivity (Wildman–Crippen MR) is 75.2 cm³/mol. The molecule has 0 saturated heterocycles. The summed E-state index contributed by atoms with van der Waals surface area (Å²) in [5.74, 6) is 1.08. The van der Waals surface area contributed by atoms with Crippen molar-refractivity contribution in [2.75, 3.05) is 25.0 Å². The van der Waals surface area contributed by atoms with Crippen LogP contribution in [0.4, 0.5) is 0 Å². The van der Waals surface area contributed by atoms with Gasteiger partial charge in [-0.2, -0.15) is 0 Å². The standard InChI is InChI=1S/C14H18BrNO2/c1-2-16(8-7-15)14(17)12-9-11-5-3-4-6-13(11)18-10-12/h3-6,12H,2,7-10H2,1H3. The van der Waals surface area contributed by atoms with Crippen LogP contribution in [0.2, 0.25) is 0 Å². The van der Waals surface area contributed by atoms with Crippen molar-refractivity contribution < 1.29 is 9.53 Å². The minimum atomic E-state index is -0.0427. The molecule has 1 heterocycles. The molecule has 4 heteroatoms. The Morgan fingerprint density at radius 3 is 3.00 bits per heavy atom. The van der Waals surface area contributed by atoms with Gasteiger partial charge >= 0.3 is 0 Å². The maximum Gasteiger partial charge on any atom is 0.229 e. The zero-order chi connectivity index (χ0) is 13.0. The molecule has 1 unspecified atom stereocenters. The van der Waals surface area contributed by atoms with E-state index in [1.807, 2.05) is 36.1 Å². The minimum Gasteiger partial charge on any atom is -0.492 e. The molecular formula is C14H18BrNO2. The second-order valence-electron chi connectivity index (χ2n) is 4.43. The molecule has 1 atom stereocenters. The highest BCUT2D eigenvalue weighted by molar-refractivity contribution is 9.09. The van der Waals surface area contributed by atoms with Gasteiger partial charge in [-0.05, 0) is 25.0 Å². The Morgan fingerprint density at radius 2 is 2.28 bits per heavy atom. The third kappa shape index (κ3) is 2.86. The van der Waals surface area contributed by atoms with Crippen LogP contribution in [0.25, 0.3) is 0 Å². The van der Waals surface area contributed by atoms with Crippen molar-refractivity contribution in [1.82, 2.24) is 4.90 Å². The molecule has 1 aliphatic heterocycles. The molecule has 0 bridgehead atoms. The topological polar surface area (TPSA) is 29.5 Å². The van der Waals surface area contributed by atoms with Gasteiger partial charge in [0.2, 0.25) is 5.91 Å². The Morgan fingerprint density at radius 1 is 1.50 bits per heavy atom. The lowest BCUT2D eigenvalue weighted by Crippen LogP contribution is -2.41. The Balaban J connectivity index is 2.06. The molecule has 18 heavy (non-hydrogen) atoms. The molecule has 1 aromatic carbocycles. The van der Waals surface area contributed by atoms with Crippen LogP contribution in [0, 0.1) is 5.92 Å². The van der Waals surface area contributed by atoms with Crippen molar-refractivity contribution in [3.63, 3.8) is 0 Å². The summed E-state index contributed by atoms with van der Waals surface area (Å²) in [5, 5.41) is 0.816. The van der Waals surface area contributed by atoms with E-state index in [4.69, 9.17) is 4.74 Å². The lowest BCUT2D eigenvalue weighted by atomic mass is 9.95. The van der Waals surface area contributed by atoms with Crippen LogP contribution in [-0.2, 0) is 11.2 Å². The highest BCUT2D eigenvalue weighted by atomic mass is 79.9. The van der Waals surface area contributed by atoms with Gasteiger partial charge in [0.15, 0.2) is 0 Å². The van der Waals surface area contributed by atoms with Crippen molar-refractivity contribution in [2.45, 2.75) is 13.3 Å². The number of para-hydroxylation sites is 1. The molecule has 0 aliphatic carbocycles. The van der Waals surface area contributed by atoms with Crippen LogP contribution in [0.1, 0.15) is 12.5 Å². The van der Waals surface area contributed by atoms with Crippen molar-refractivity contribution >= 4 is 21.8 Å². The molecule has 1 aliphatic rings. The molecule has 0 aromatic heterocycles. The second kappa shape index (κ2) is 6.23. The fourth-order valence-electron chi connectivity index (χ4n) is 2.27. The van der Waals surface area contributed by atoms with Gasteiger partial charge in [-0.25, -0.2) is 0 Å². The predicted octanol–water partition coefficient (Wildman–Crippen LogP) is 2.48. The van der Waals surface area contributed by atoms with Crippen LogP contribution in [-0.4, -0.2) is 35.8 Å². The lowest BCUT2D eigenvalue weighted by Gasteiger charge is -2.29. The third-order valence-corrected chi connectivity index (χ3v) is 3.63. The van der Waals surface area contributed by atoms with Crippen molar-refractivity contribution in [3.8, 4) is 5.75 Å². The Hall–Kier alpha value is -1.03. The number of halogens is 1. The van der Waals surface area contributed by atoms with Gasteiger partial charge in [-0.1, -0.05) is 34.1 Å². The van der Waals surface area contributed by atoms with E-state index < -0.39 is 0 Å². The van der Waals surface area contributed by atoms with E-state index in [1.165, 1.54) is 0 Å². The largest absolute Gasteiger partial charge is 0.492 e. The number of rotatable bonds is 4. The summed E-state index contributed by atoms with van der Waals surface area (Å²) in [6.07, 6.45) is 0.786. The number of hydrogen-bond donors (Lipinski definition) is 0. The summed E-state index contributed by atoms with van der Waals surface area (Å²) in [5.41, 5.74) is 1.14. The highest BCUT2D eigenvalue weighted by Gasteiger charge is 2.28. The molecule has 1 amide bonds. The van der Waals surface area contributed by atoms with E-state index in [0.29, 0.717) is 6.61 Å². The molecular weight excluding hydrogens is 294 g/mol. The van der Waals surface area contributed by atoms with Gasteiger partial charge in [-0.15, -0.1) is 0 Å². The Bertz CT molecular complexity index is 422. The fraction of sp³-hybridized carbons (Fsp3) is 0.500. The van der Waals surface area contributed by atoms with Crippen LogP contribution in [0.5, 0.6) is 5.75 Å². The van der Waals surface area contributed by atoms with Crippen LogP contribution >= 0.6 is 15.9 Å². The molecule has 98 valence electrons. The SMILES string of the molecule is CCN(CCBr)C(=O)C1COc2ccccc2C1. The second-order valence-corrected chi connectivity index (χ2v) is 5.22. The normalized spacial score (nSPS) is 17.8. The Labute approximate surface area is 116 Å². The van der Waals surface area contributed by atoms with E-state index in [0.717, 1.165) is 36.2 Å². The molecule has 2 rings (SSSR count). The molecule has 0 spiro atoms. The summed E-state index contributed by atoms with van der Waals surface area (Å²) < 4.78 is 5.67. The Kier molecular flexibility index (Phi) is 4.64. The van der Waals surface area contributed by atoms with Crippen molar-refractivity contribution in [2.24, 2.45) is 5.92 Å². The molecule has 0 fully saturated rings.